The lowest BCUT2D eigenvalue weighted by Gasteiger charge is -1.80. The van der Waals surface area contributed by atoms with Gasteiger partial charge in [-0.3, -0.25) is 0 Å². The average molecular weight is 246 g/mol. The Kier molecular flexibility index (Phi) is 10.0. The molecule has 0 unspecified atom stereocenters. The summed E-state index contributed by atoms with van der Waals surface area (Å²) in [7, 11) is 0. The lowest BCUT2D eigenvalue weighted by atomic mass is 10.4. The summed E-state index contributed by atoms with van der Waals surface area (Å²) in [5.41, 5.74) is 0. The zero-order chi connectivity index (χ0) is 11.7. The van der Waals surface area contributed by atoms with Gasteiger partial charge in [-0.1, -0.05) is 29.8 Å². The molecule has 0 fully saturated rings. The van der Waals surface area contributed by atoms with Crippen LogP contribution in [0.1, 0.15) is 0 Å². The van der Waals surface area contributed by atoms with E-state index in [-0.39, 0.29) is 6.15 Å². The molecular formula is C10H12ClNO4. The molecular weight excluding hydrogens is 234 g/mol. The van der Waals surface area contributed by atoms with E-state index in [1.54, 1.807) is 0 Å². The molecule has 6 heteroatoms. The highest BCUT2D eigenvalue weighted by atomic mass is 35.5. The van der Waals surface area contributed by atoms with Crippen LogP contribution in [0.4, 0.5) is 0 Å². The number of hydrogen-bond acceptors (Lipinski definition) is 3. The van der Waals surface area contributed by atoms with Crippen LogP contribution < -0.4 is 6.15 Å². The first kappa shape index (κ1) is 16.6. The molecule has 0 spiro atoms. The highest BCUT2D eigenvalue weighted by molar-refractivity contribution is 6.30. The van der Waals surface area contributed by atoms with Gasteiger partial charge in [0.1, 0.15) is 0 Å². The number of carbonyl (C=O) groups is 2. The molecule has 5 N–H and O–H groups in total. The van der Waals surface area contributed by atoms with E-state index in [1.165, 1.54) is 0 Å². The van der Waals surface area contributed by atoms with Crippen molar-refractivity contribution in [2.45, 2.75) is 0 Å². The van der Waals surface area contributed by atoms with Gasteiger partial charge in [0.15, 0.2) is 0 Å². The first-order valence-electron chi connectivity index (χ1n) is 3.87. The second-order valence-electron chi connectivity index (χ2n) is 2.31. The third-order valence-electron chi connectivity index (χ3n) is 1.10. The molecule has 0 aliphatic carbocycles. The van der Waals surface area contributed by atoms with Crippen molar-refractivity contribution in [3.8, 4) is 0 Å². The van der Waals surface area contributed by atoms with Crippen molar-refractivity contribution in [3.05, 3.63) is 47.5 Å². The number of halogens is 1. The van der Waals surface area contributed by atoms with Crippen LogP contribution in [0.5, 0.6) is 0 Å². The minimum Gasteiger partial charge on any atom is -0.478 e. The van der Waals surface area contributed by atoms with Crippen molar-refractivity contribution in [1.82, 2.24) is 6.15 Å². The Morgan fingerprint density at radius 3 is 1.56 bits per heavy atom. The normalized spacial score (nSPS) is 8.56. The monoisotopic (exact) mass is 245 g/mol. The quantitative estimate of drug-likeness (QED) is 0.692. The van der Waals surface area contributed by atoms with Crippen LogP contribution in [0.15, 0.2) is 42.5 Å². The highest BCUT2D eigenvalue weighted by Crippen LogP contribution is 2.03. The Morgan fingerprint density at radius 2 is 1.38 bits per heavy atom. The number of carboxylic acid groups (broad SMARTS) is 2. The SMILES string of the molecule is Clc1ccccc1.N.O=C(O)/C=C\C(=O)O. The van der Waals surface area contributed by atoms with Crippen molar-refractivity contribution in [2.24, 2.45) is 0 Å². The Hall–Kier alpha value is -1.85. The smallest absolute Gasteiger partial charge is 0.328 e. The molecule has 0 radical (unpaired) electrons. The van der Waals surface area contributed by atoms with Crippen molar-refractivity contribution in [1.29, 1.82) is 0 Å². The summed E-state index contributed by atoms with van der Waals surface area (Å²) in [4.78, 5) is 19.1. The fraction of sp³-hybridized carbons (Fsp3) is 0. The van der Waals surface area contributed by atoms with E-state index in [9.17, 15) is 9.59 Å². The molecule has 1 aromatic carbocycles. The molecule has 0 bridgehead atoms. The van der Waals surface area contributed by atoms with Gasteiger partial charge >= 0.3 is 11.9 Å². The Morgan fingerprint density at radius 1 is 1.00 bits per heavy atom. The third-order valence-corrected chi connectivity index (χ3v) is 1.35. The van der Waals surface area contributed by atoms with Crippen molar-refractivity contribution >= 4 is 23.5 Å². The second kappa shape index (κ2) is 9.70. The van der Waals surface area contributed by atoms with Crippen LogP contribution >= 0.6 is 11.6 Å². The summed E-state index contributed by atoms with van der Waals surface area (Å²) in [6.07, 6.45) is 1.12. The molecule has 1 rings (SSSR count). The summed E-state index contributed by atoms with van der Waals surface area (Å²) >= 11 is 5.54. The molecule has 16 heavy (non-hydrogen) atoms. The minimum atomic E-state index is -1.26. The van der Waals surface area contributed by atoms with Crippen LogP contribution in [0, 0.1) is 0 Å². The molecule has 0 atom stereocenters. The van der Waals surface area contributed by atoms with Gasteiger partial charge in [-0.05, 0) is 12.1 Å². The van der Waals surface area contributed by atoms with E-state index in [1.807, 2.05) is 30.3 Å². The fourth-order valence-corrected chi connectivity index (χ4v) is 0.703. The number of hydrogen-bond donors (Lipinski definition) is 3. The number of aliphatic carboxylic acids is 2. The van der Waals surface area contributed by atoms with E-state index >= 15 is 0 Å². The molecule has 1 aromatic rings. The van der Waals surface area contributed by atoms with Crippen LogP contribution in [-0.4, -0.2) is 22.2 Å². The number of carboxylic acids is 2. The topological polar surface area (TPSA) is 110 Å². The third kappa shape index (κ3) is 12.2. The van der Waals surface area contributed by atoms with Gasteiger partial charge in [0.05, 0.1) is 0 Å². The molecule has 0 saturated carbocycles. The van der Waals surface area contributed by atoms with Gasteiger partial charge in [-0.2, -0.15) is 0 Å². The van der Waals surface area contributed by atoms with Gasteiger partial charge < -0.3 is 16.4 Å². The lowest BCUT2D eigenvalue weighted by Crippen LogP contribution is -1.91. The largest absolute Gasteiger partial charge is 0.478 e. The minimum absolute atomic E-state index is 0. The maximum atomic E-state index is 9.55. The van der Waals surface area contributed by atoms with Crippen LogP contribution in [0.2, 0.25) is 5.02 Å². The summed E-state index contributed by atoms with van der Waals surface area (Å²) in [5, 5.41) is 16.4. The molecule has 0 aliphatic heterocycles. The highest BCUT2D eigenvalue weighted by Gasteiger charge is 1.88. The zero-order valence-electron chi connectivity index (χ0n) is 8.34. The van der Waals surface area contributed by atoms with Gasteiger partial charge in [0.2, 0.25) is 0 Å². The predicted molar refractivity (Wildman–Crippen MR) is 60.9 cm³/mol. The van der Waals surface area contributed by atoms with Gasteiger partial charge in [-0.25, -0.2) is 9.59 Å². The van der Waals surface area contributed by atoms with E-state index in [0.717, 1.165) is 5.02 Å². The molecule has 0 aromatic heterocycles. The van der Waals surface area contributed by atoms with Crippen molar-refractivity contribution in [2.75, 3.05) is 0 Å². The molecule has 0 amide bonds. The summed E-state index contributed by atoms with van der Waals surface area (Å²) in [5.74, 6) is -2.51. The zero-order valence-corrected chi connectivity index (χ0v) is 9.09. The Bertz CT molecular complexity index is 335. The lowest BCUT2D eigenvalue weighted by molar-refractivity contribution is -0.134. The first-order valence-corrected chi connectivity index (χ1v) is 4.24. The van der Waals surface area contributed by atoms with Gasteiger partial charge in [-0.15, -0.1) is 0 Å². The summed E-state index contributed by atoms with van der Waals surface area (Å²) < 4.78 is 0. The molecule has 5 nitrogen and oxygen atoms in total. The summed E-state index contributed by atoms with van der Waals surface area (Å²) in [6.45, 7) is 0. The second-order valence-corrected chi connectivity index (χ2v) is 2.74. The van der Waals surface area contributed by atoms with Gasteiger partial charge in [0.25, 0.3) is 0 Å². The van der Waals surface area contributed by atoms with E-state index in [2.05, 4.69) is 0 Å². The predicted octanol–water partition coefficient (Wildman–Crippen LogP) is 2.21. The molecule has 0 aliphatic rings. The fourth-order valence-electron chi connectivity index (χ4n) is 0.557. The van der Waals surface area contributed by atoms with Crippen LogP contribution in [0.25, 0.3) is 0 Å². The standard InChI is InChI=1S/C6H5Cl.C4H4O4.H3N/c7-6-4-2-1-3-5-6;5-3(6)1-2-4(7)8;/h1-5H;1-2H,(H,5,6)(H,7,8);1H3/b;2-1-;. The Labute approximate surface area is 97.6 Å². The molecule has 0 saturated heterocycles. The van der Waals surface area contributed by atoms with E-state index in [0.29, 0.717) is 12.2 Å². The van der Waals surface area contributed by atoms with Crippen molar-refractivity contribution < 1.29 is 19.8 Å². The summed E-state index contributed by atoms with van der Waals surface area (Å²) in [6, 6.07) is 9.44. The number of rotatable bonds is 2. The van der Waals surface area contributed by atoms with Crippen molar-refractivity contribution in [3.63, 3.8) is 0 Å². The molecule has 88 valence electrons. The maximum absolute atomic E-state index is 9.55. The van der Waals surface area contributed by atoms with Crippen LogP contribution in [-0.2, 0) is 9.59 Å². The maximum Gasteiger partial charge on any atom is 0.328 e. The molecule has 0 heterocycles. The van der Waals surface area contributed by atoms with E-state index < -0.39 is 11.9 Å². The first-order chi connectivity index (χ1) is 7.02. The van der Waals surface area contributed by atoms with Crippen LogP contribution in [0.3, 0.4) is 0 Å². The number of benzene rings is 1. The Balaban J connectivity index is 0. The average Bonchev–Trinajstić information content (AvgIpc) is 2.17. The van der Waals surface area contributed by atoms with E-state index in [4.69, 9.17) is 21.8 Å². The van der Waals surface area contributed by atoms with Gasteiger partial charge in [0, 0.05) is 17.2 Å².